The minimum absolute atomic E-state index is 0.0409. The van der Waals surface area contributed by atoms with Crippen LogP contribution in [-0.4, -0.2) is 118 Å². The van der Waals surface area contributed by atoms with E-state index in [2.05, 4.69) is 0 Å². The zero-order chi connectivity index (χ0) is 33.2. The molecule has 0 bridgehead atoms. The molecule has 43 heavy (non-hydrogen) atoms. The van der Waals surface area contributed by atoms with E-state index in [0.29, 0.717) is 0 Å². The number of benzene rings is 1. The summed E-state index contributed by atoms with van der Waals surface area (Å²) >= 11 is 10.7. The molecule has 0 radical (unpaired) electrons. The number of aliphatic hydroxyl groups is 4. The van der Waals surface area contributed by atoms with Crippen LogP contribution >= 0.6 is 79.6 Å². The van der Waals surface area contributed by atoms with Crippen molar-refractivity contribution in [1.29, 1.82) is 0 Å². The Hall–Kier alpha value is -1.44. The average Bonchev–Trinajstić information content (AvgIpc) is 2.91. The number of anilines is 1. The van der Waals surface area contributed by atoms with E-state index < -0.39 is 92.3 Å². The Kier molecular flexibility index (Phi) is 17.0. The van der Waals surface area contributed by atoms with E-state index in [1.165, 1.54) is 28.9 Å². The van der Waals surface area contributed by atoms with Crippen molar-refractivity contribution in [2.75, 3.05) is 36.0 Å². The first-order valence-corrected chi connectivity index (χ1v) is 15.5. The fraction of sp³-hybridized carbons (Fsp3) is 0.500. The molecular formula is C24H28ClI3N2O13. The van der Waals surface area contributed by atoms with E-state index in [4.69, 9.17) is 25.8 Å². The Bertz CT molecular complexity index is 1220. The van der Waals surface area contributed by atoms with Gasteiger partial charge in [-0.25, -0.2) is 3.11 Å². The minimum atomic E-state index is -1.85. The maximum atomic E-state index is 13.7. The lowest BCUT2D eigenvalue weighted by Crippen LogP contribution is -2.48. The molecule has 2 amide bonds. The third kappa shape index (κ3) is 11.8. The van der Waals surface area contributed by atoms with Crippen LogP contribution in [-0.2, 0) is 33.4 Å². The van der Waals surface area contributed by atoms with E-state index in [9.17, 15) is 49.2 Å². The van der Waals surface area contributed by atoms with Gasteiger partial charge in [0.15, 0.2) is 6.10 Å². The van der Waals surface area contributed by atoms with Gasteiger partial charge in [0.2, 0.25) is 6.10 Å². The van der Waals surface area contributed by atoms with Crippen LogP contribution in [0.25, 0.3) is 0 Å². The van der Waals surface area contributed by atoms with E-state index in [-0.39, 0.29) is 24.0 Å². The highest BCUT2D eigenvalue weighted by Crippen LogP contribution is 2.36. The van der Waals surface area contributed by atoms with Gasteiger partial charge in [0.25, 0.3) is 17.1 Å². The van der Waals surface area contributed by atoms with Gasteiger partial charge in [-0.2, -0.15) is 0 Å². The van der Waals surface area contributed by atoms with Gasteiger partial charge in [0, 0.05) is 37.4 Å². The number of esters is 3. The molecule has 0 fully saturated rings. The van der Waals surface area contributed by atoms with E-state index >= 15 is 0 Å². The van der Waals surface area contributed by atoms with Crippen molar-refractivity contribution < 1.29 is 63.4 Å². The third-order valence-corrected chi connectivity index (χ3v) is 8.62. The van der Waals surface area contributed by atoms with Crippen molar-refractivity contribution >= 4 is 120 Å². The summed E-state index contributed by atoms with van der Waals surface area (Å²) in [5, 5.41) is 37.5. The number of aliphatic hydroxyl groups excluding tert-OH is 4. The van der Waals surface area contributed by atoms with Crippen LogP contribution in [0.4, 0.5) is 5.69 Å². The number of carbonyl (C=O) groups is 6. The Labute approximate surface area is 291 Å². The van der Waals surface area contributed by atoms with Crippen molar-refractivity contribution in [3.05, 3.63) is 24.3 Å². The summed E-state index contributed by atoms with van der Waals surface area (Å²) in [6, 6.07) is 1.20. The monoisotopic (exact) mass is 968 g/mol. The molecule has 15 nitrogen and oxygen atoms in total. The van der Waals surface area contributed by atoms with Crippen molar-refractivity contribution in [3.8, 4) is 0 Å². The lowest BCUT2D eigenvalue weighted by Gasteiger charge is -2.30. The molecule has 0 aliphatic heterocycles. The molecule has 1 aromatic rings. The van der Waals surface area contributed by atoms with Crippen LogP contribution in [0.15, 0.2) is 6.07 Å². The van der Waals surface area contributed by atoms with Crippen LogP contribution < -0.4 is 3.11 Å². The summed E-state index contributed by atoms with van der Waals surface area (Å²) in [4.78, 5) is 75.8. The lowest BCUT2D eigenvalue weighted by atomic mass is 10.1. The van der Waals surface area contributed by atoms with Crippen molar-refractivity contribution in [2.45, 2.75) is 45.2 Å². The second-order valence-electron chi connectivity index (χ2n) is 8.70. The van der Waals surface area contributed by atoms with Crippen molar-refractivity contribution in [1.82, 2.24) is 4.90 Å². The summed E-state index contributed by atoms with van der Waals surface area (Å²) in [5.74, 6) is -4.51. The van der Waals surface area contributed by atoms with Gasteiger partial charge in [-0.1, -0.05) is 0 Å². The standard InChI is InChI=1S/C24H28ClI3N2O13/c1-10(33)41-9-17(42-11(2)34)21(43-12(3)35)24(40)30(28)16-4-15(19(26)18(20(16)27)22(25)38)23(39)29(5-13(36)7-31)6-14(37)8-32/h4,13-14,17,21,31-32,36-37H,5-9H2,1-3H3. The van der Waals surface area contributed by atoms with Gasteiger partial charge < -0.3 is 39.5 Å². The molecule has 19 heteroatoms. The average molecular weight is 969 g/mol. The van der Waals surface area contributed by atoms with Gasteiger partial charge in [-0.05, 0) is 62.8 Å². The van der Waals surface area contributed by atoms with E-state index in [1.807, 2.05) is 0 Å². The third-order valence-electron chi connectivity index (χ3n) is 5.23. The van der Waals surface area contributed by atoms with Crippen LogP contribution in [0.3, 0.4) is 0 Å². The first-order chi connectivity index (χ1) is 20.0. The molecule has 240 valence electrons. The van der Waals surface area contributed by atoms with E-state index in [1.54, 1.807) is 45.2 Å². The molecule has 0 saturated heterocycles. The zero-order valence-corrected chi connectivity index (χ0v) is 30.0. The van der Waals surface area contributed by atoms with Crippen LogP contribution in [0.1, 0.15) is 41.5 Å². The highest BCUT2D eigenvalue weighted by Gasteiger charge is 2.39. The largest absolute Gasteiger partial charge is 0.462 e. The lowest BCUT2D eigenvalue weighted by molar-refractivity contribution is -0.175. The number of hydrogen-bond donors (Lipinski definition) is 4. The van der Waals surface area contributed by atoms with Crippen LogP contribution in [0.5, 0.6) is 0 Å². The molecule has 0 aliphatic carbocycles. The highest BCUT2D eigenvalue weighted by atomic mass is 127. The van der Waals surface area contributed by atoms with Gasteiger partial charge in [-0.15, -0.1) is 0 Å². The number of rotatable bonds is 15. The predicted molar refractivity (Wildman–Crippen MR) is 173 cm³/mol. The van der Waals surface area contributed by atoms with Gasteiger partial charge in [-0.3, -0.25) is 28.8 Å². The molecule has 0 spiro atoms. The fourth-order valence-electron chi connectivity index (χ4n) is 3.42. The van der Waals surface area contributed by atoms with Gasteiger partial charge in [0.05, 0.1) is 68.7 Å². The first-order valence-electron chi connectivity index (χ1n) is 12.0. The minimum Gasteiger partial charge on any atom is -0.462 e. The summed E-state index contributed by atoms with van der Waals surface area (Å²) in [5.41, 5.74) is -0.509. The molecule has 0 aromatic heterocycles. The van der Waals surface area contributed by atoms with Crippen LogP contribution in [0, 0.1) is 7.14 Å². The summed E-state index contributed by atoms with van der Waals surface area (Å²) in [6.07, 6.45) is -6.28. The van der Waals surface area contributed by atoms with Crippen LogP contribution in [0.2, 0.25) is 0 Å². The second-order valence-corrected chi connectivity index (χ2v) is 12.2. The molecule has 1 aromatic carbocycles. The smallest absolute Gasteiger partial charge is 0.303 e. The van der Waals surface area contributed by atoms with Crippen molar-refractivity contribution in [2.24, 2.45) is 0 Å². The highest BCUT2D eigenvalue weighted by molar-refractivity contribution is 14.1. The molecule has 4 atom stereocenters. The molecule has 0 aliphatic rings. The molecule has 1 rings (SSSR count). The summed E-state index contributed by atoms with van der Waals surface area (Å²) in [6.45, 7) is -0.00233. The molecule has 4 unspecified atom stereocenters. The van der Waals surface area contributed by atoms with Gasteiger partial charge in [0.1, 0.15) is 6.61 Å². The number of carbonyl (C=O) groups excluding carboxylic acids is 6. The maximum absolute atomic E-state index is 13.7. The summed E-state index contributed by atoms with van der Waals surface area (Å²) < 4.78 is 16.1. The second kappa shape index (κ2) is 18.5. The SMILES string of the molecule is CC(=O)OCC(OC(C)=O)C(OC(C)=O)C(=O)N(I)c1cc(C(=O)N(CC(O)CO)CC(O)CO)c(I)c(C(=O)Cl)c1I. The number of amides is 2. The Morgan fingerprint density at radius 2 is 1.40 bits per heavy atom. The van der Waals surface area contributed by atoms with Gasteiger partial charge >= 0.3 is 17.9 Å². The molecule has 4 N–H and O–H groups in total. The van der Waals surface area contributed by atoms with Crippen molar-refractivity contribution in [3.63, 3.8) is 0 Å². The number of ether oxygens (including phenoxy) is 3. The molecule has 0 heterocycles. The maximum Gasteiger partial charge on any atom is 0.303 e. The normalized spacial score (nSPS) is 13.7. The zero-order valence-electron chi connectivity index (χ0n) is 22.8. The predicted octanol–water partition coefficient (Wildman–Crippen LogP) is 0.533. The Balaban J connectivity index is 3.80. The number of nitrogens with zero attached hydrogens (tertiary/aromatic N) is 2. The fourth-order valence-corrected chi connectivity index (χ4v) is 7.37. The number of halogens is 4. The Morgan fingerprint density at radius 1 is 0.884 bits per heavy atom. The topological polar surface area (TPSA) is 218 Å². The Morgan fingerprint density at radius 3 is 1.81 bits per heavy atom. The molecular weight excluding hydrogens is 940 g/mol. The molecule has 0 saturated carbocycles. The number of hydrogen-bond acceptors (Lipinski definition) is 13. The first kappa shape index (κ1) is 39.6. The summed E-state index contributed by atoms with van der Waals surface area (Å²) in [7, 11) is 0. The van der Waals surface area contributed by atoms with E-state index in [0.717, 1.165) is 28.8 Å². The quantitative estimate of drug-likeness (QED) is 0.0622.